The van der Waals surface area contributed by atoms with Gasteiger partial charge >= 0.3 is 0 Å². The highest BCUT2D eigenvalue weighted by Crippen LogP contribution is 2.46. The van der Waals surface area contributed by atoms with Gasteiger partial charge in [-0.15, -0.1) is 0 Å². The molecule has 1 aromatic rings. The van der Waals surface area contributed by atoms with Crippen LogP contribution in [0.4, 0.5) is 5.82 Å². The minimum atomic E-state index is -0.338. The lowest BCUT2D eigenvalue weighted by Gasteiger charge is -2.43. The molecule has 82 valence electrons. The molecule has 6 heteroatoms. The van der Waals surface area contributed by atoms with Crippen LogP contribution in [0.2, 0.25) is 0 Å². The van der Waals surface area contributed by atoms with Crippen LogP contribution in [0, 0.1) is 28.6 Å². The SMILES string of the molecule is N#CCC1(n2cc(Br)c(N)n2)CC(C#N)C1. The van der Waals surface area contributed by atoms with E-state index in [2.05, 4.69) is 33.2 Å². The van der Waals surface area contributed by atoms with Gasteiger partial charge in [-0.25, -0.2) is 0 Å². The van der Waals surface area contributed by atoms with E-state index in [4.69, 9.17) is 16.3 Å². The third-order valence-electron chi connectivity index (χ3n) is 3.03. The third-order valence-corrected chi connectivity index (χ3v) is 3.64. The van der Waals surface area contributed by atoms with Crippen molar-refractivity contribution in [3.8, 4) is 12.1 Å². The Morgan fingerprint density at radius 3 is 2.75 bits per heavy atom. The number of aromatic nitrogens is 2. The molecule has 1 heterocycles. The highest BCUT2D eigenvalue weighted by Gasteiger charge is 2.46. The first-order valence-corrected chi connectivity index (χ1v) is 5.68. The molecule has 1 aromatic heterocycles. The van der Waals surface area contributed by atoms with E-state index in [-0.39, 0.29) is 11.5 Å². The molecule has 16 heavy (non-hydrogen) atoms. The molecule has 5 nitrogen and oxygen atoms in total. The van der Waals surface area contributed by atoms with Crippen LogP contribution in [-0.2, 0) is 5.54 Å². The van der Waals surface area contributed by atoms with Crippen LogP contribution >= 0.6 is 15.9 Å². The molecule has 2 N–H and O–H groups in total. The molecule has 1 aliphatic carbocycles. The summed E-state index contributed by atoms with van der Waals surface area (Å²) in [5.74, 6) is 0.440. The minimum absolute atomic E-state index is 0.0255. The normalized spacial score (nSPS) is 27.8. The number of anilines is 1. The second-order valence-electron chi connectivity index (χ2n) is 4.10. The van der Waals surface area contributed by atoms with Gasteiger partial charge in [0.1, 0.15) is 0 Å². The Bertz CT molecular complexity index is 467. The number of nitriles is 2. The molecular formula is C10H10BrN5. The standard InChI is InChI=1S/C10H10BrN5/c11-8-6-16(15-9(8)14)10(1-2-12)3-7(4-10)5-13/h6-7H,1,3-4H2,(H2,14,15). The molecule has 0 aliphatic heterocycles. The van der Waals surface area contributed by atoms with Crippen LogP contribution in [0.1, 0.15) is 19.3 Å². The number of rotatable bonds is 2. The summed E-state index contributed by atoms with van der Waals surface area (Å²) in [4.78, 5) is 0. The van der Waals surface area contributed by atoms with Gasteiger partial charge in [-0.3, -0.25) is 4.68 Å². The molecule has 0 spiro atoms. The Morgan fingerprint density at radius 1 is 1.62 bits per heavy atom. The van der Waals surface area contributed by atoms with Gasteiger partial charge < -0.3 is 5.73 Å². The Morgan fingerprint density at radius 2 is 2.31 bits per heavy atom. The van der Waals surface area contributed by atoms with Crippen LogP contribution in [0.15, 0.2) is 10.7 Å². The summed E-state index contributed by atoms with van der Waals surface area (Å²) < 4.78 is 2.45. The predicted octanol–water partition coefficient (Wildman–Crippen LogP) is 1.77. The lowest BCUT2D eigenvalue weighted by atomic mass is 9.67. The largest absolute Gasteiger partial charge is 0.381 e. The second kappa shape index (κ2) is 3.80. The van der Waals surface area contributed by atoms with Crippen LogP contribution in [0.5, 0.6) is 0 Å². The molecule has 1 saturated carbocycles. The van der Waals surface area contributed by atoms with E-state index >= 15 is 0 Å². The zero-order valence-corrected chi connectivity index (χ0v) is 10.1. The lowest BCUT2D eigenvalue weighted by molar-refractivity contribution is 0.0884. The van der Waals surface area contributed by atoms with Gasteiger partial charge in [-0.05, 0) is 28.8 Å². The van der Waals surface area contributed by atoms with E-state index in [9.17, 15) is 0 Å². The molecule has 2 rings (SSSR count). The Balaban J connectivity index is 2.29. The van der Waals surface area contributed by atoms with Crippen LogP contribution in [0.25, 0.3) is 0 Å². The zero-order valence-electron chi connectivity index (χ0n) is 8.52. The maximum absolute atomic E-state index is 8.85. The van der Waals surface area contributed by atoms with Crippen molar-refractivity contribution in [3.05, 3.63) is 10.7 Å². The summed E-state index contributed by atoms with van der Waals surface area (Å²) in [6.07, 6.45) is 3.48. The van der Waals surface area contributed by atoms with Gasteiger partial charge in [0, 0.05) is 6.20 Å². The first kappa shape index (κ1) is 11.0. The molecule has 0 amide bonds. The zero-order chi connectivity index (χ0) is 11.8. The number of hydrogen-bond donors (Lipinski definition) is 1. The average molecular weight is 280 g/mol. The van der Waals surface area contributed by atoms with E-state index in [1.807, 2.05) is 0 Å². The Labute approximate surface area is 102 Å². The van der Waals surface area contributed by atoms with Crippen molar-refractivity contribution in [2.45, 2.75) is 24.8 Å². The molecule has 0 atom stereocenters. The number of nitrogens with two attached hydrogens (primary N) is 1. The van der Waals surface area contributed by atoms with Crippen molar-refractivity contribution in [2.24, 2.45) is 5.92 Å². The molecule has 1 aliphatic rings. The summed E-state index contributed by atoms with van der Waals surface area (Å²) in [5.41, 5.74) is 5.31. The molecule has 0 aromatic carbocycles. The van der Waals surface area contributed by atoms with Crippen molar-refractivity contribution >= 4 is 21.7 Å². The highest BCUT2D eigenvalue weighted by molar-refractivity contribution is 9.10. The lowest BCUT2D eigenvalue weighted by Crippen LogP contribution is -2.46. The van der Waals surface area contributed by atoms with Crippen LogP contribution in [0.3, 0.4) is 0 Å². The number of nitrogen functional groups attached to an aromatic ring is 1. The molecule has 0 bridgehead atoms. The fourth-order valence-corrected chi connectivity index (χ4v) is 2.39. The van der Waals surface area contributed by atoms with Crippen molar-refractivity contribution in [3.63, 3.8) is 0 Å². The second-order valence-corrected chi connectivity index (χ2v) is 4.95. The fourth-order valence-electron chi connectivity index (χ4n) is 2.12. The number of hydrogen-bond acceptors (Lipinski definition) is 4. The monoisotopic (exact) mass is 279 g/mol. The van der Waals surface area contributed by atoms with E-state index in [0.717, 1.165) is 4.47 Å². The number of halogens is 1. The molecule has 0 radical (unpaired) electrons. The summed E-state index contributed by atoms with van der Waals surface area (Å²) in [7, 11) is 0. The summed E-state index contributed by atoms with van der Waals surface area (Å²) >= 11 is 3.29. The first-order chi connectivity index (χ1) is 7.61. The van der Waals surface area contributed by atoms with E-state index in [0.29, 0.717) is 25.1 Å². The molecule has 0 unspecified atom stereocenters. The van der Waals surface area contributed by atoms with Gasteiger partial charge in [-0.1, -0.05) is 0 Å². The maximum Gasteiger partial charge on any atom is 0.159 e. The van der Waals surface area contributed by atoms with Crippen molar-refractivity contribution < 1.29 is 0 Å². The highest BCUT2D eigenvalue weighted by atomic mass is 79.9. The van der Waals surface area contributed by atoms with Gasteiger partial charge in [0.25, 0.3) is 0 Å². The summed E-state index contributed by atoms with van der Waals surface area (Å²) in [6, 6.07) is 4.37. The van der Waals surface area contributed by atoms with Crippen LogP contribution < -0.4 is 5.73 Å². The molecule has 0 saturated heterocycles. The average Bonchev–Trinajstić information content (AvgIpc) is 2.52. The summed E-state index contributed by atoms with van der Waals surface area (Å²) in [6.45, 7) is 0. The van der Waals surface area contributed by atoms with Gasteiger partial charge in [-0.2, -0.15) is 15.6 Å². The van der Waals surface area contributed by atoms with Crippen LogP contribution in [-0.4, -0.2) is 9.78 Å². The molecular weight excluding hydrogens is 270 g/mol. The minimum Gasteiger partial charge on any atom is -0.381 e. The predicted molar refractivity (Wildman–Crippen MR) is 60.9 cm³/mol. The topological polar surface area (TPSA) is 91.4 Å². The summed E-state index contributed by atoms with van der Waals surface area (Å²) in [5, 5.41) is 21.8. The molecule has 1 fully saturated rings. The van der Waals surface area contributed by atoms with E-state index < -0.39 is 0 Å². The van der Waals surface area contributed by atoms with Gasteiger partial charge in [0.05, 0.1) is 34.5 Å². The smallest absolute Gasteiger partial charge is 0.159 e. The fraction of sp³-hybridized carbons (Fsp3) is 0.500. The van der Waals surface area contributed by atoms with Crippen molar-refractivity contribution in [1.29, 1.82) is 10.5 Å². The van der Waals surface area contributed by atoms with Crippen molar-refractivity contribution in [1.82, 2.24) is 9.78 Å². The maximum atomic E-state index is 8.85. The van der Waals surface area contributed by atoms with E-state index in [1.165, 1.54) is 0 Å². The van der Waals surface area contributed by atoms with E-state index in [1.54, 1.807) is 10.9 Å². The van der Waals surface area contributed by atoms with Gasteiger partial charge in [0.15, 0.2) is 5.82 Å². The third kappa shape index (κ3) is 1.56. The van der Waals surface area contributed by atoms with Crippen molar-refractivity contribution in [2.75, 3.05) is 5.73 Å². The first-order valence-electron chi connectivity index (χ1n) is 4.89. The van der Waals surface area contributed by atoms with Gasteiger partial charge in [0.2, 0.25) is 0 Å². The quantitative estimate of drug-likeness (QED) is 0.893. The Kier molecular flexibility index (Phi) is 2.61. The number of nitrogens with zero attached hydrogens (tertiary/aromatic N) is 4. The Hall–Kier alpha value is -1.53.